The first-order chi connectivity index (χ1) is 8.30. The molecule has 0 aromatic heterocycles. The zero-order chi connectivity index (χ0) is 15.9. The summed E-state index contributed by atoms with van der Waals surface area (Å²) in [6.07, 6.45) is 0.378. The van der Waals surface area contributed by atoms with Gasteiger partial charge in [-0.05, 0) is 34.1 Å². The predicted octanol–water partition coefficient (Wildman–Crippen LogP) is 2.98. The van der Waals surface area contributed by atoms with Crippen LogP contribution in [0.25, 0.3) is 0 Å². The fraction of sp³-hybridized carbons (Fsp3) is 0.857. The van der Waals surface area contributed by atoms with Crippen molar-refractivity contribution in [1.29, 1.82) is 0 Å². The number of nitrogens with two attached hydrogens (primary N) is 1. The largest absolute Gasteiger partial charge is 0.460 e. The van der Waals surface area contributed by atoms with Gasteiger partial charge >= 0.3 is 5.97 Å². The van der Waals surface area contributed by atoms with Crippen LogP contribution in [-0.4, -0.2) is 23.1 Å². The molecule has 0 saturated heterocycles. The van der Waals surface area contributed by atoms with Crippen molar-refractivity contribution in [2.24, 2.45) is 11.7 Å². The molecular formula is C14H28FNO3. The number of halogens is 1. The number of rotatable bonds is 4. The molecule has 0 amide bonds. The molecule has 4 nitrogen and oxygen atoms in total. The lowest BCUT2D eigenvalue weighted by molar-refractivity contribution is -0.151. The molecule has 0 spiro atoms. The SMILES string of the molecule is CC(=O)OC(C)(C)C.CCC(N)(F)C[C@H](C)C(C)=O. The second kappa shape index (κ2) is 8.25. The molecule has 5 heteroatoms. The van der Waals surface area contributed by atoms with Gasteiger partial charge in [0, 0.05) is 19.3 Å². The lowest BCUT2D eigenvalue weighted by Crippen LogP contribution is -2.36. The van der Waals surface area contributed by atoms with Gasteiger partial charge in [-0.1, -0.05) is 13.8 Å². The van der Waals surface area contributed by atoms with Crippen LogP contribution >= 0.6 is 0 Å². The molecule has 0 aliphatic rings. The van der Waals surface area contributed by atoms with Gasteiger partial charge in [-0.2, -0.15) is 0 Å². The second-order valence-corrected chi connectivity index (χ2v) is 5.81. The summed E-state index contributed by atoms with van der Waals surface area (Å²) >= 11 is 0. The molecule has 0 aromatic rings. The van der Waals surface area contributed by atoms with Gasteiger partial charge in [0.05, 0.1) is 0 Å². The molecule has 1 unspecified atom stereocenters. The number of hydrogen-bond donors (Lipinski definition) is 1. The van der Waals surface area contributed by atoms with Gasteiger partial charge in [0.1, 0.15) is 11.4 Å². The first kappa shape index (κ1) is 20.3. The Hall–Kier alpha value is -0.970. The fourth-order valence-electron chi connectivity index (χ4n) is 1.23. The summed E-state index contributed by atoms with van der Waals surface area (Å²) < 4.78 is 17.9. The Balaban J connectivity index is 0. The van der Waals surface area contributed by atoms with Crippen molar-refractivity contribution in [2.45, 2.75) is 72.7 Å². The summed E-state index contributed by atoms with van der Waals surface area (Å²) in [5, 5.41) is 0. The lowest BCUT2D eigenvalue weighted by atomic mass is 9.96. The predicted molar refractivity (Wildman–Crippen MR) is 74.3 cm³/mol. The Morgan fingerprint density at radius 2 is 1.68 bits per heavy atom. The van der Waals surface area contributed by atoms with E-state index in [9.17, 15) is 14.0 Å². The number of alkyl halides is 1. The van der Waals surface area contributed by atoms with Crippen molar-refractivity contribution >= 4 is 11.8 Å². The molecule has 114 valence electrons. The third kappa shape index (κ3) is 15.0. The molecule has 0 heterocycles. The highest BCUT2D eigenvalue weighted by Gasteiger charge is 2.25. The molecule has 0 fully saturated rings. The maximum absolute atomic E-state index is 13.1. The number of ether oxygens (including phenoxy) is 1. The minimum atomic E-state index is -1.68. The number of ketones is 1. The quantitative estimate of drug-likeness (QED) is 0.633. The van der Waals surface area contributed by atoms with E-state index in [0.717, 1.165) is 0 Å². The van der Waals surface area contributed by atoms with Gasteiger partial charge in [-0.3, -0.25) is 15.3 Å². The summed E-state index contributed by atoms with van der Waals surface area (Å²) in [6.45, 7) is 11.8. The van der Waals surface area contributed by atoms with E-state index < -0.39 is 5.79 Å². The minimum absolute atomic E-state index is 0.00840. The summed E-state index contributed by atoms with van der Waals surface area (Å²) in [7, 11) is 0. The zero-order valence-electron chi connectivity index (χ0n) is 13.2. The highest BCUT2D eigenvalue weighted by Crippen LogP contribution is 2.19. The molecule has 2 atom stereocenters. The summed E-state index contributed by atoms with van der Waals surface area (Å²) in [4.78, 5) is 21.0. The lowest BCUT2D eigenvalue weighted by Gasteiger charge is -2.20. The van der Waals surface area contributed by atoms with Gasteiger partial charge < -0.3 is 4.74 Å². The summed E-state index contributed by atoms with van der Waals surface area (Å²) in [6, 6.07) is 0. The van der Waals surface area contributed by atoms with Crippen LogP contribution in [0.4, 0.5) is 4.39 Å². The average molecular weight is 277 g/mol. The summed E-state index contributed by atoms with van der Waals surface area (Å²) in [5.41, 5.74) is 4.91. The molecule has 19 heavy (non-hydrogen) atoms. The molecule has 0 bridgehead atoms. The van der Waals surface area contributed by atoms with Crippen LogP contribution in [0.3, 0.4) is 0 Å². The molecule has 0 saturated carbocycles. The number of Topliss-reactive ketones (excluding diaryl/α,β-unsaturated/α-hetero) is 1. The van der Waals surface area contributed by atoms with Gasteiger partial charge in [0.15, 0.2) is 5.79 Å². The van der Waals surface area contributed by atoms with E-state index in [2.05, 4.69) is 0 Å². The van der Waals surface area contributed by atoms with Crippen molar-refractivity contribution < 1.29 is 18.7 Å². The third-order valence-corrected chi connectivity index (χ3v) is 2.38. The minimum Gasteiger partial charge on any atom is -0.460 e. The maximum Gasteiger partial charge on any atom is 0.303 e. The Morgan fingerprint density at radius 3 is 1.84 bits per heavy atom. The van der Waals surface area contributed by atoms with Crippen LogP contribution in [0.5, 0.6) is 0 Å². The van der Waals surface area contributed by atoms with Crippen LogP contribution in [0.2, 0.25) is 0 Å². The average Bonchev–Trinajstić information content (AvgIpc) is 2.13. The molecule has 0 aromatic carbocycles. The number of carbonyl (C=O) groups is 2. The normalized spacial score (nSPS) is 15.6. The molecule has 0 aliphatic heterocycles. The van der Waals surface area contributed by atoms with Crippen molar-refractivity contribution in [1.82, 2.24) is 0 Å². The van der Waals surface area contributed by atoms with E-state index in [1.165, 1.54) is 13.8 Å². The molecule has 0 rings (SSSR count). The Labute approximate surface area is 115 Å². The van der Waals surface area contributed by atoms with Crippen LogP contribution in [-0.2, 0) is 14.3 Å². The standard InChI is InChI=1S/C8H16FNO.C6H12O2/c1-4-8(9,10)5-6(2)7(3)11;1-5(7)8-6(2,3)4/h6H,4-5,10H2,1-3H3;1-4H3/t6-,8?;/m0./s1. The van der Waals surface area contributed by atoms with Crippen molar-refractivity contribution in [3.8, 4) is 0 Å². The molecule has 0 aliphatic carbocycles. The highest BCUT2D eigenvalue weighted by atomic mass is 19.1. The van der Waals surface area contributed by atoms with Gasteiger partial charge in [-0.15, -0.1) is 0 Å². The Morgan fingerprint density at radius 1 is 1.26 bits per heavy atom. The molecule has 0 radical (unpaired) electrons. The first-order valence-corrected chi connectivity index (χ1v) is 6.48. The number of esters is 1. The summed E-state index contributed by atoms with van der Waals surface area (Å²) in [5.74, 6) is -2.18. The van der Waals surface area contributed by atoms with Gasteiger partial charge in [0.25, 0.3) is 0 Å². The van der Waals surface area contributed by atoms with Gasteiger partial charge in [-0.25, -0.2) is 4.39 Å². The van der Waals surface area contributed by atoms with Crippen molar-refractivity contribution in [3.63, 3.8) is 0 Å². The van der Waals surface area contributed by atoms with Gasteiger partial charge in [0.2, 0.25) is 0 Å². The highest BCUT2D eigenvalue weighted by molar-refractivity contribution is 5.77. The number of hydrogen-bond acceptors (Lipinski definition) is 4. The van der Waals surface area contributed by atoms with Crippen LogP contribution in [0.1, 0.15) is 61.3 Å². The zero-order valence-corrected chi connectivity index (χ0v) is 13.2. The smallest absolute Gasteiger partial charge is 0.303 e. The second-order valence-electron chi connectivity index (χ2n) is 5.81. The van der Waals surface area contributed by atoms with E-state index in [0.29, 0.717) is 0 Å². The molecular weight excluding hydrogens is 249 g/mol. The van der Waals surface area contributed by atoms with E-state index in [-0.39, 0.29) is 36.1 Å². The fourth-order valence-corrected chi connectivity index (χ4v) is 1.23. The van der Waals surface area contributed by atoms with Crippen molar-refractivity contribution in [2.75, 3.05) is 0 Å². The van der Waals surface area contributed by atoms with E-state index in [1.54, 1.807) is 13.8 Å². The van der Waals surface area contributed by atoms with Crippen LogP contribution < -0.4 is 5.73 Å². The topological polar surface area (TPSA) is 69.4 Å². The Bertz CT molecular complexity index is 296. The molecule has 2 N–H and O–H groups in total. The van der Waals surface area contributed by atoms with E-state index >= 15 is 0 Å². The monoisotopic (exact) mass is 277 g/mol. The van der Waals surface area contributed by atoms with Crippen LogP contribution in [0, 0.1) is 5.92 Å². The maximum atomic E-state index is 13.1. The Kier molecular flexibility index (Phi) is 8.84. The number of carbonyl (C=O) groups excluding carboxylic acids is 2. The van der Waals surface area contributed by atoms with Crippen molar-refractivity contribution in [3.05, 3.63) is 0 Å². The first-order valence-electron chi connectivity index (χ1n) is 6.48. The van der Waals surface area contributed by atoms with E-state index in [4.69, 9.17) is 10.5 Å². The van der Waals surface area contributed by atoms with Crippen LogP contribution in [0.15, 0.2) is 0 Å². The van der Waals surface area contributed by atoms with E-state index in [1.807, 2.05) is 20.8 Å². The third-order valence-electron chi connectivity index (χ3n) is 2.38.